The number of carbonyl (C=O) groups is 1. The van der Waals surface area contributed by atoms with Gasteiger partial charge in [-0.2, -0.15) is 0 Å². The lowest BCUT2D eigenvalue weighted by molar-refractivity contribution is -0.135. The van der Waals surface area contributed by atoms with Crippen LogP contribution in [0.4, 0.5) is 0 Å². The third-order valence-corrected chi connectivity index (χ3v) is 0.925. The molecule has 10 heavy (non-hydrogen) atoms. The van der Waals surface area contributed by atoms with Crippen LogP contribution < -0.4 is 0 Å². The molecular formula is C7H9O2S. The fraction of sp³-hybridized carbons (Fsp3) is 0.571. The number of hydrogen-bond acceptors (Lipinski definition) is 2. The molecule has 0 bridgehead atoms. The van der Waals surface area contributed by atoms with Crippen molar-refractivity contribution in [3.8, 4) is 12.0 Å². The molecule has 0 aliphatic heterocycles. The number of carbonyl (C=O) groups excluding carboxylic acids is 1. The molecule has 1 atom stereocenters. The molecule has 0 amide bonds. The average Bonchev–Trinajstić information content (AvgIpc) is 1.88. The minimum atomic E-state index is -0.508. The highest BCUT2D eigenvalue weighted by Crippen LogP contribution is 1.94. The normalized spacial score (nSPS) is 11.1. The molecule has 0 aliphatic carbocycles. The number of rotatable bonds is 1. The molecule has 1 radical (unpaired) electrons. The van der Waals surface area contributed by atoms with E-state index >= 15 is 0 Å². The SMILES string of the molecule is CCC#COC(=O)C(C)[S]. The van der Waals surface area contributed by atoms with Crippen LogP contribution in [0.3, 0.4) is 0 Å². The van der Waals surface area contributed by atoms with Gasteiger partial charge in [0.05, 0.1) is 0 Å². The van der Waals surface area contributed by atoms with E-state index in [1.54, 1.807) is 6.92 Å². The topological polar surface area (TPSA) is 26.3 Å². The summed E-state index contributed by atoms with van der Waals surface area (Å²) in [5, 5.41) is -0.508. The van der Waals surface area contributed by atoms with Gasteiger partial charge < -0.3 is 4.74 Å². The van der Waals surface area contributed by atoms with Gasteiger partial charge >= 0.3 is 5.97 Å². The Morgan fingerprint density at radius 3 is 2.80 bits per heavy atom. The summed E-state index contributed by atoms with van der Waals surface area (Å²) in [6, 6.07) is 0. The molecule has 0 heterocycles. The van der Waals surface area contributed by atoms with Crippen molar-refractivity contribution in [1.29, 1.82) is 0 Å². The first-order valence-corrected chi connectivity index (χ1v) is 3.50. The van der Waals surface area contributed by atoms with Gasteiger partial charge in [0.25, 0.3) is 0 Å². The molecule has 0 fully saturated rings. The number of esters is 1. The van der Waals surface area contributed by atoms with Crippen molar-refractivity contribution >= 4 is 18.6 Å². The molecule has 1 unspecified atom stereocenters. The summed E-state index contributed by atoms with van der Waals surface area (Å²) >= 11 is 4.61. The molecule has 0 rings (SSSR count). The molecule has 0 spiro atoms. The minimum absolute atomic E-state index is 0.448. The molecule has 0 aromatic rings. The Balaban J connectivity index is 3.59. The highest BCUT2D eigenvalue weighted by atomic mass is 32.1. The molecule has 0 saturated heterocycles. The predicted octanol–water partition coefficient (Wildman–Crippen LogP) is 1.49. The Kier molecular flexibility index (Phi) is 4.87. The van der Waals surface area contributed by atoms with E-state index < -0.39 is 11.2 Å². The standard InChI is InChI=1S/C7H9O2S/c1-3-4-5-9-7(8)6(2)10/h6H,3H2,1-2H3. The Morgan fingerprint density at radius 2 is 2.40 bits per heavy atom. The predicted molar refractivity (Wildman–Crippen MR) is 41.2 cm³/mol. The first-order chi connectivity index (χ1) is 4.68. The number of ether oxygens (including phenoxy) is 1. The number of hydrogen-bond donors (Lipinski definition) is 0. The van der Waals surface area contributed by atoms with Crippen molar-refractivity contribution in [3.63, 3.8) is 0 Å². The molecule has 0 aromatic carbocycles. The molecule has 0 N–H and O–H groups in total. The van der Waals surface area contributed by atoms with Crippen LogP contribution in [0.25, 0.3) is 0 Å². The van der Waals surface area contributed by atoms with Gasteiger partial charge in [0, 0.05) is 6.42 Å². The highest BCUT2D eigenvalue weighted by Gasteiger charge is 2.07. The van der Waals surface area contributed by atoms with E-state index in [2.05, 4.69) is 29.4 Å². The Morgan fingerprint density at radius 1 is 1.80 bits per heavy atom. The zero-order chi connectivity index (χ0) is 7.98. The van der Waals surface area contributed by atoms with Crippen LogP contribution in [-0.4, -0.2) is 11.2 Å². The van der Waals surface area contributed by atoms with Gasteiger partial charge in [-0.3, -0.25) is 0 Å². The van der Waals surface area contributed by atoms with Gasteiger partial charge in [-0.25, -0.2) is 4.79 Å². The van der Waals surface area contributed by atoms with Crippen molar-refractivity contribution < 1.29 is 9.53 Å². The maximum atomic E-state index is 10.6. The van der Waals surface area contributed by atoms with E-state index in [1.807, 2.05) is 6.92 Å². The average molecular weight is 157 g/mol. The smallest absolute Gasteiger partial charge is 0.333 e. The zero-order valence-electron chi connectivity index (χ0n) is 6.01. The summed E-state index contributed by atoms with van der Waals surface area (Å²) in [5.74, 6) is 2.15. The van der Waals surface area contributed by atoms with Crippen LogP contribution in [0.5, 0.6) is 0 Å². The second-order valence-corrected chi connectivity index (χ2v) is 2.40. The molecule has 0 aliphatic rings. The highest BCUT2D eigenvalue weighted by molar-refractivity contribution is 7.81. The molecule has 0 aromatic heterocycles. The van der Waals surface area contributed by atoms with Crippen LogP contribution in [0.2, 0.25) is 0 Å². The minimum Gasteiger partial charge on any atom is -0.371 e. The lowest BCUT2D eigenvalue weighted by atomic mass is 10.5. The van der Waals surface area contributed by atoms with Crippen molar-refractivity contribution in [1.82, 2.24) is 0 Å². The largest absolute Gasteiger partial charge is 0.371 e. The third kappa shape index (κ3) is 4.28. The molecule has 2 nitrogen and oxygen atoms in total. The van der Waals surface area contributed by atoms with E-state index in [9.17, 15) is 4.79 Å². The summed E-state index contributed by atoms with van der Waals surface area (Å²) in [5.41, 5.74) is 0. The zero-order valence-corrected chi connectivity index (χ0v) is 6.83. The van der Waals surface area contributed by atoms with Crippen LogP contribution in [0.15, 0.2) is 0 Å². The van der Waals surface area contributed by atoms with Crippen LogP contribution >= 0.6 is 12.6 Å². The fourth-order valence-electron chi connectivity index (χ4n) is 0.242. The summed E-state index contributed by atoms with van der Waals surface area (Å²) in [4.78, 5) is 10.6. The first-order valence-electron chi connectivity index (χ1n) is 3.02. The van der Waals surface area contributed by atoms with Gasteiger partial charge in [0.2, 0.25) is 0 Å². The molecular weight excluding hydrogens is 148 g/mol. The second-order valence-electron chi connectivity index (χ2n) is 1.70. The maximum absolute atomic E-state index is 10.6. The Bertz CT molecular complexity index is 164. The van der Waals surface area contributed by atoms with Gasteiger partial charge in [0.1, 0.15) is 11.4 Å². The third-order valence-electron chi connectivity index (χ3n) is 0.732. The van der Waals surface area contributed by atoms with Crippen LogP contribution in [0.1, 0.15) is 20.3 Å². The van der Waals surface area contributed by atoms with E-state index in [0.717, 1.165) is 0 Å². The van der Waals surface area contributed by atoms with Crippen LogP contribution in [0, 0.1) is 12.0 Å². The van der Waals surface area contributed by atoms with E-state index in [0.29, 0.717) is 6.42 Å². The molecule has 3 heteroatoms. The lowest BCUT2D eigenvalue weighted by Gasteiger charge is -1.95. The summed E-state index contributed by atoms with van der Waals surface area (Å²) < 4.78 is 4.44. The summed E-state index contributed by atoms with van der Waals surface area (Å²) in [6.07, 6.45) is 2.93. The van der Waals surface area contributed by atoms with Gasteiger partial charge in [-0.1, -0.05) is 25.5 Å². The van der Waals surface area contributed by atoms with Crippen LogP contribution in [-0.2, 0) is 9.53 Å². The Hall–Kier alpha value is -0.620. The molecule has 55 valence electrons. The second kappa shape index (κ2) is 5.19. The summed E-state index contributed by atoms with van der Waals surface area (Å²) in [6.45, 7) is 3.46. The maximum Gasteiger partial charge on any atom is 0.333 e. The summed E-state index contributed by atoms with van der Waals surface area (Å²) in [7, 11) is 0. The fourth-order valence-corrected chi connectivity index (χ4v) is 0.290. The van der Waals surface area contributed by atoms with Gasteiger partial charge in [-0.05, 0) is 6.92 Å². The quantitative estimate of drug-likeness (QED) is 0.426. The monoisotopic (exact) mass is 157 g/mol. The van der Waals surface area contributed by atoms with Crippen molar-refractivity contribution in [2.75, 3.05) is 0 Å². The van der Waals surface area contributed by atoms with Crippen molar-refractivity contribution in [3.05, 3.63) is 0 Å². The first kappa shape index (κ1) is 9.38. The van der Waals surface area contributed by atoms with E-state index in [-0.39, 0.29) is 0 Å². The lowest BCUT2D eigenvalue weighted by Crippen LogP contribution is -2.11. The molecule has 0 saturated carbocycles. The van der Waals surface area contributed by atoms with Crippen molar-refractivity contribution in [2.45, 2.75) is 25.5 Å². The van der Waals surface area contributed by atoms with Gasteiger partial charge in [-0.15, -0.1) is 0 Å². The Labute approximate surface area is 66.4 Å². The van der Waals surface area contributed by atoms with Gasteiger partial charge in [0.15, 0.2) is 0 Å². The van der Waals surface area contributed by atoms with E-state index in [4.69, 9.17) is 0 Å². The van der Waals surface area contributed by atoms with Crippen molar-refractivity contribution in [2.24, 2.45) is 0 Å². The van der Waals surface area contributed by atoms with E-state index in [1.165, 1.54) is 0 Å².